The minimum atomic E-state index is -0.590. The fraction of sp³-hybridized carbons (Fsp3) is 0.269. The maximum Gasteiger partial charge on any atom is 0.335 e. The first-order chi connectivity index (χ1) is 18.3. The largest absolute Gasteiger partial charge is 0.481 e. The molecule has 12 nitrogen and oxygen atoms in total. The number of aromatic nitrogens is 3. The van der Waals surface area contributed by atoms with Gasteiger partial charge >= 0.3 is 11.7 Å². The molecular formula is C26H28N6O6. The molecular weight excluding hydrogens is 492 g/mol. The number of amides is 3. The predicted molar refractivity (Wildman–Crippen MR) is 140 cm³/mol. The van der Waals surface area contributed by atoms with Crippen LogP contribution in [0.1, 0.15) is 29.3 Å². The van der Waals surface area contributed by atoms with Gasteiger partial charge in [0.05, 0.1) is 25.5 Å². The minimum Gasteiger partial charge on any atom is -0.481 e. The van der Waals surface area contributed by atoms with Crippen LogP contribution in [0.25, 0.3) is 6.20 Å². The topological polar surface area (TPSA) is 146 Å². The van der Waals surface area contributed by atoms with Crippen molar-refractivity contribution in [3.63, 3.8) is 0 Å². The molecule has 12 heteroatoms. The van der Waals surface area contributed by atoms with E-state index in [1.165, 1.54) is 17.9 Å². The lowest BCUT2D eigenvalue weighted by Crippen LogP contribution is -2.43. The predicted octanol–water partition coefficient (Wildman–Crippen LogP) is 1.56. The second-order valence-electron chi connectivity index (χ2n) is 8.47. The van der Waals surface area contributed by atoms with Crippen LogP contribution in [0.15, 0.2) is 57.9 Å². The van der Waals surface area contributed by atoms with Crippen molar-refractivity contribution in [2.24, 2.45) is 0 Å². The third kappa shape index (κ3) is 5.75. The van der Waals surface area contributed by atoms with Gasteiger partial charge in [0, 0.05) is 36.6 Å². The van der Waals surface area contributed by atoms with E-state index in [9.17, 15) is 19.2 Å². The summed E-state index contributed by atoms with van der Waals surface area (Å²) in [7, 11) is 1.50. The van der Waals surface area contributed by atoms with Crippen LogP contribution in [0, 0.1) is 6.92 Å². The second kappa shape index (κ2) is 11.5. The van der Waals surface area contributed by atoms with Crippen molar-refractivity contribution >= 4 is 23.8 Å². The van der Waals surface area contributed by atoms with E-state index in [-0.39, 0.29) is 31.5 Å². The van der Waals surface area contributed by atoms with Crippen LogP contribution >= 0.6 is 0 Å². The Balaban J connectivity index is 1.54. The molecule has 3 N–H and O–H groups in total. The van der Waals surface area contributed by atoms with Crippen molar-refractivity contribution in [2.45, 2.75) is 33.5 Å². The number of pyridine rings is 1. The number of rotatable bonds is 8. The summed E-state index contributed by atoms with van der Waals surface area (Å²) in [4.78, 5) is 54.8. The van der Waals surface area contributed by atoms with Crippen LogP contribution in [0.5, 0.6) is 5.88 Å². The average molecular weight is 521 g/mol. The summed E-state index contributed by atoms with van der Waals surface area (Å²) >= 11 is 0. The van der Waals surface area contributed by atoms with Crippen LogP contribution in [0.4, 0.5) is 10.5 Å². The number of urea groups is 1. The Morgan fingerprint density at radius 1 is 1.11 bits per heavy atom. The van der Waals surface area contributed by atoms with Gasteiger partial charge in [-0.3, -0.25) is 18.7 Å². The third-order valence-electron chi connectivity index (χ3n) is 5.91. The number of hydrogen-bond acceptors (Lipinski definition) is 7. The first kappa shape index (κ1) is 26.2. The van der Waals surface area contributed by atoms with Gasteiger partial charge in [0.25, 0.3) is 11.5 Å². The number of benzene rings is 1. The van der Waals surface area contributed by atoms with Gasteiger partial charge in [-0.05, 0) is 43.2 Å². The highest BCUT2D eigenvalue weighted by atomic mass is 16.5. The summed E-state index contributed by atoms with van der Waals surface area (Å²) in [5.74, 6) is -0.137. The normalized spacial score (nSPS) is 12.0. The van der Waals surface area contributed by atoms with Crippen molar-refractivity contribution in [3.05, 3.63) is 91.6 Å². The standard InChI is InChI=1S/C26H28N6O6/c1-4-27-25(35)30-19-7-5-17(6-8-19)13-32-24(34)16(2)20-15-38-21(14-31(20)26(32)36)23(33)29-12-18-9-10-28-22(11-18)37-3/h5-11,14H,4,12-13,15H2,1-3H3,(H,29,33)(H2,27,30,35). The highest BCUT2D eigenvalue weighted by Crippen LogP contribution is 2.16. The molecule has 0 saturated carbocycles. The molecule has 0 spiro atoms. The Kier molecular flexibility index (Phi) is 7.90. The van der Waals surface area contributed by atoms with Gasteiger partial charge in [-0.2, -0.15) is 0 Å². The summed E-state index contributed by atoms with van der Waals surface area (Å²) in [6.45, 7) is 4.04. The van der Waals surface area contributed by atoms with Crippen LogP contribution in [0.2, 0.25) is 0 Å². The van der Waals surface area contributed by atoms with Gasteiger partial charge in [-0.15, -0.1) is 0 Å². The van der Waals surface area contributed by atoms with E-state index < -0.39 is 17.2 Å². The Bertz CT molecular complexity index is 1510. The minimum absolute atomic E-state index is 0.0142. The zero-order valence-electron chi connectivity index (χ0n) is 21.2. The van der Waals surface area contributed by atoms with Gasteiger partial charge in [-0.25, -0.2) is 14.6 Å². The Morgan fingerprint density at radius 2 is 1.87 bits per heavy atom. The molecule has 198 valence electrons. The monoisotopic (exact) mass is 520 g/mol. The van der Waals surface area contributed by atoms with E-state index in [0.717, 1.165) is 10.1 Å². The number of fused-ring (bicyclic) bond motifs is 1. The van der Waals surface area contributed by atoms with Crippen LogP contribution in [-0.2, 0) is 29.2 Å². The van der Waals surface area contributed by atoms with Gasteiger partial charge in [-0.1, -0.05) is 12.1 Å². The number of nitrogens with zero attached hydrogens (tertiary/aromatic N) is 3. The van der Waals surface area contributed by atoms with E-state index in [0.29, 0.717) is 34.9 Å². The highest BCUT2D eigenvalue weighted by molar-refractivity contribution is 5.94. The maximum absolute atomic E-state index is 13.3. The Labute approximate surface area is 217 Å². The molecule has 2 aromatic heterocycles. The molecule has 1 aliphatic rings. The molecule has 3 amide bonds. The van der Waals surface area contributed by atoms with E-state index in [4.69, 9.17) is 9.47 Å². The number of nitrogens with one attached hydrogen (secondary N) is 3. The molecule has 3 heterocycles. The van der Waals surface area contributed by atoms with Crippen LogP contribution in [0.3, 0.4) is 0 Å². The first-order valence-corrected chi connectivity index (χ1v) is 11.9. The van der Waals surface area contributed by atoms with Gasteiger partial charge in [0.15, 0.2) is 0 Å². The molecule has 0 atom stereocenters. The maximum atomic E-state index is 13.3. The smallest absolute Gasteiger partial charge is 0.335 e. The highest BCUT2D eigenvalue weighted by Gasteiger charge is 2.23. The average Bonchev–Trinajstić information content (AvgIpc) is 2.93. The molecule has 3 aromatic rings. The zero-order valence-corrected chi connectivity index (χ0v) is 21.2. The third-order valence-corrected chi connectivity index (χ3v) is 5.91. The summed E-state index contributed by atoms with van der Waals surface area (Å²) in [6, 6.07) is 9.93. The lowest BCUT2D eigenvalue weighted by Gasteiger charge is -2.21. The van der Waals surface area contributed by atoms with Crippen LogP contribution in [-0.4, -0.2) is 39.7 Å². The summed E-state index contributed by atoms with van der Waals surface area (Å²) in [6.07, 6.45) is 2.87. The summed E-state index contributed by atoms with van der Waals surface area (Å²) in [5, 5.41) is 8.08. The number of carbonyl (C=O) groups is 2. The Hall–Kier alpha value is -4.87. The van der Waals surface area contributed by atoms with Gasteiger partial charge < -0.3 is 25.4 Å². The number of carbonyl (C=O) groups excluding carboxylic acids is 2. The quantitative estimate of drug-likeness (QED) is 0.409. The Morgan fingerprint density at radius 3 is 2.58 bits per heavy atom. The number of hydrogen-bond donors (Lipinski definition) is 3. The van der Waals surface area contributed by atoms with Crippen molar-refractivity contribution in [1.82, 2.24) is 24.8 Å². The van der Waals surface area contributed by atoms with Crippen molar-refractivity contribution < 1.29 is 19.1 Å². The molecule has 0 bridgehead atoms. The fourth-order valence-corrected chi connectivity index (χ4v) is 3.87. The van der Waals surface area contributed by atoms with Gasteiger partial charge in [0.1, 0.15) is 6.61 Å². The van der Waals surface area contributed by atoms with Gasteiger partial charge in [0.2, 0.25) is 11.6 Å². The number of anilines is 1. The molecule has 1 aliphatic heterocycles. The van der Waals surface area contributed by atoms with Crippen molar-refractivity contribution in [1.29, 1.82) is 0 Å². The molecule has 0 aliphatic carbocycles. The fourth-order valence-electron chi connectivity index (χ4n) is 3.87. The molecule has 0 saturated heterocycles. The molecule has 0 fully saturated rings. The SMILES string of the molecule is CCNC(=O)Nc1ccc(Cn2c(=O)c(C)c3n(c2=O)C=C(C(=O)NCc2ccnc(OC)c2)OC3)cc1. The lowest BCUT2D eigenvalue weighted by atomic mass is 10.2. The number of methoxy groups -OCH3 is 1. The summed E-state index contributed by atoms with van der Waals surface area (Å²) < 4.78 is 13.0. The lowest BCUT2D eigenvalue weighted by molar-refractivity contribution is -0.121. The summed E-state index contributed by atoms with van der Waals surface area (Å²) in [5.41, 5.74) is 1.73. The van der Waals surface area contributed by atoms with Crippen LogP contribution < -0.4 is 31.9 Å². The van der Waals surface area contributed by atoms with E-state index in [1.54, 1.807) is 49.5 Å². The second-order valence-corrected chi connectivity index (χ2v) is 8.47. The van der Waals surface area contributed by atoms with E-state index in [2.05, 4.69) is 20.9 Å². The molecule has 38 heavy (non-hydrogen) atoms. The van der Waals surface area contributed by atoms with E-state index >= 15 is 0 Å². The van der Waals surface area contributed by atoms with Crippen molar-refractivity contribution in [3.8, 4) is 5.88 Å². The van der Waals surface area contributed by atoms with E-state index in [1.807, 2.05) is 6.92 Å². The number of ether oxygens (including phenoxy) is 2. The zero-order chi connectivity index (χ0) is 27.2. The molecule has 4 rings (SSSR count). The van der Waals surface area contributed by atoms with Crippen molar-refractivity contribution in [2.75, 3.05) is 19.0 Å². The molecule has 1 aromatic carbocycles. The molecule has 0 unspecified atom stereocenters. The molecule has 0 radical (unpaired) electrons. The first-order valence-electron chi connectivity index (χ1n) is 11.9.